The molecule has 2 aromatic rings. The Balaban J connectivity index is 1.70. The van der Waals surface area contributed by atoms with Gasteiger partial charge in [-0.15, -0.1) is 0 Å². The lowest BCUT2D eigenvalue weighted by atomic mass is 10.2. The van der Waals surface area contributed by atoms with Crippen LogP contribution in [0.4, 0.5) is 0 Å². The summed E-state index contributed by atoms with van der Waals surface area (Å²) in [5.41, 5.74) is 1.16. The molecule has 3 nitrogen and oxygen atoms in total. The van der Waals surface area contributed by atoms with Gasteiger partial charge in [-0.25, -0.2) is 0 Å². The predicted octanol–water partition coefficient (Wildman–Crippen LogP) is 2.32. The maximum absolute atomic E-state index is 9.12. The summed E-state index contributed by atoms with van der Waals surface area (Å²) in [5.74, 6) is 1.30. The molecule has 0 aliphatic heterocycles. The van der Waals surface area contributed by atoms with Gasteiger partial charge < -0.3 is 14.8 Å². The molecule has 0 fully saturated rings. The molecule has 0 atom stereocenters. The quantitative estimate of drug-likeness (QED) is 0.755. The predicted molar refractivity (Wildman–Crippen MR) is 62.2 cm³/mol. The van der Waals surface area contributed by atoms with E-state index in [1.54, 1.807) is 18.4 Å². The first kappa shape index (κ1) is 10.8. The molecular formula is C13H15NO2. The largest absolute Gasteiger partial charge is 0.508 e. The lowest BCUT2D eigenvalue weighted by Crippen LogP contribution is -2.16. The molecule has 84 valence electrons. The topological polar surface area (TPSA) is 45.4 Å². The second kappa shape index (κ2) is 5.37. The fourth-order valence-corrected chi connectivity index (χ4v) is 1.51. The highest BCUT2D eigenvalue weighted by atomic mass is 16.3. The molecule has 0 unspecified atom stereocenters. The van der Waals surface area contributed by atoms with Crippen LogP contribution in [0.25, 0.3) is 0 Å². The number of hydrogen-bond donors (Lipinski definition) is 2. The van der Waals surface area contributed by atoms with E-state index in [0.29, 0.717) is 5.75 Å². The standard InChI is InChI=1S/C13H15NO2/c15-12-5-3-11(4-6-12)10-14-8-7-13-2-1-9-16-13/h1-6,9,14-15H,7-8,10H2. The van der Waals surface area contributed by atoms with Gasteiger partial charge in [0.1, 0.15) is 11.5 Å². The van der Waals surface area contributed by atoms with Crippen molar-refractivity contribution in [3.8, 4) is 5.75 Å². The first-order valence-corrected chi connectivity index (χ1v) is 5.35. The minimum atomic E-state index is 0.305. The number of rotatable bonds is 5. The van der Waals surface area contributed by atoms with Crippen LogP contribution in [0.1, 0.15) is 11.3 Å². The van der Waals surface area contributed by atoms with Crippen molar-refractivity contribution in [2.75, 3.05) is 6.54 Å². The molecule has 0 spiro atoms. The van der Waals surface area contributed by atoms with Crippen LogP contribution >= 0.6 is 0 Å². The molecule has 2 rings (SSSR count). The second-order valence-electron chi connectivity index (χ2n) is 3.67. The van der Waals surface area contributed by atoms with Crippen molar-refractivity contribution in [2.24, 2.45) is 0 Å². The third-order valence-corrected chi connectivity index (χ3v) is 2.39. The minimum Gasteiger partial charge on any atom is -0.508 e. The van der Waals surface area contributed by atoms with Crippen molar-refractivity contribution >= 4 is 0 Å². The Bertz CT molecular complexity index is 406. The highest BCUT2D eigenvalue weighted by Gasteiger charge is 1.96. The SMILES string of the molecule is Oc1ccc(CNCCc2ccco2)cc1. The summed E-state index contributed by atoms with van der Waals surface area (Å²) in [7, 11) is 0. The summed E-state index contributed by atoms with van der Waals surface area (Å²) >= 11 is 0. The summed E-state index contributed by atoms with van der Waals surface area (Å²) < 4.78 is 5.23. The Morgan fingerprint density at radius 1 is 1.12 bits per heavy atom. The molecule has 0 bridgehead atoms. The van der Waals surface area contributed by atoms with Crippen LogP contribution in [0.2, 0.25) is 0 Å². The number of aromatic hydroxyl groups is 1. The summed E-state index contributed by atoms with van der Waals surface area (Å²) in [4.78, 5) is 0. The van der Waals surface area contributed by atoms with Gasteiger partial charge in [-0.05, 0) is 29.8 Å². The Morgan fingerprint density at radius 2 is 1.94 bits per heavy atom. The van der Waals surface area contributed by atoms with Crippen molar-refractivity contribution in [2.45, 2.75) is 13.0 Å². The average molecular weight is 217 g/mol. The average Bonchev–Trinajstić information content (AvgIpc) is 2.80. The van der Waals surface area contributed by atoms with Gasteiger partial charge in [0.15, 0.2) is 0 Å². The molecule has 0 saturated carbocycles. The van der Waals surface area contributed by atoms with Crippen LogP contribution < -0.4 is 5.32 Å². The van der Waals surface area contributed by atoms with Crippen LogP contribution in [0.5, 0.6) is 5.75 Å². The van der Waals surface area contributed by atoms with E-state index in [1.165, 1.54) is 0 Å². The Hall–Kier alpha value is -1.74. The van der Waals surface area contributed by atoms with Gasteiger partial charge in [0.25, 0.3) is 0 Å². The number of benzene rings is 1. The van der Waals surface area contributed by atoms with Crippen LogP contribution in [-0.2, 0) is 13.0 Å². The monoisotopic (exact) mass is 217 g/mol. The second-order valence-corrected chi connectivity index (χ2v) is 3.67. The van der Waals surface area contributed by atoms with E-state index in [4.69, 9.17) is 9.52 Å². The fourth-order valence-electron chi connectivity index (χ4n) is 1.51. The first-order chi connectivity index (χ1) is 7.84. The van der Waals surface area contributed by atoms with E-state index >= 15 is 0 Å². The number of phenolic OH excluding ortho intramolecular Hbond substituents is 1. The fraction of sp³-hybridized carbons (Fsp3) is 0.231. The van der Waals surface area contributed by atoms with E-state index in [1.807, 2.05) is 24.3 Å². The van der Waals surface area contributed by atoms with Crippen molar-refractivity contribution < 1.29 is 9.52 Å². The number of nitrogens with one attached hydrogen (secondary N) is 1. The van der Waals surface area contributed by atoms with Gasteiger partial charge in [0, 0.05) is 19.5 Å². The van der Waals surface area contributed by atoms with Crippen molar-refractivity contribution in [3.05, 3.63) is 54.0 Å². The Labute approximate surface area is 94.7 Å². The zero-order chi connectivity index (χ0) is 11.2. The van der Waals surface area contributed by atoms with Gasteiger partial charge in [0.05, 0.1) is 6.26 Å². The molecule has 2 N–H and O–H groups in total. The van der Waals surface area contributed by atoms with E-state index in [2.05, 4.69) is 5.32 Å². The van der Waals surface area contributed by atoms with Gasteiger partial charge in [-0.3, -0.25) is 0 Å². The van der Waals surface area contributed by atoms with E-state index in [0.717, 1.165) is 30.8 Å². The van der Waals surface area contributed by atoms with Crippen LogP contribution in [0.15, 0.2) is 47.1 Å². The normalized spacial score (nSPS) is 10.5. The Morgan fingerprint density at radius 3 is 2.62 bits per heavy atom. The molecule has 1 heterocycles. The number of hydrogen-bond acceptors (Lipinski definition) is 3. The molecule has 0 saturated heterocycles. The summed E-state index contributed by atoms with van der Waals surface area (Å²) in [5, 5.41) is 12.4. The zero-order valence-corrected chi connectivity index (χ0v) is 9.02. The van der Waals surface area contributed by atoms with Crippen LogP contribution in [0, 0.1) is 0 Å². The van der Waals surface area contributed by atoms with Gasteiger partial charge in [0.2, 0.25) is 0 Å². The van der Waals surface area contributed by atoms with Gasteiger partial charge in [-0.1, -0.05) is 12.1 Å². The molecule has 1 aromatic carbocycles. The highest BCUT2D eigenvalue weighted by molar-refractivity contribution is 5.25. The summed E-state index contributed by atoms with van der Waals surface area (Å²) in [6, 6.07) is 11.1. The van der Waals surface area contributed by atoms with Crippen LogP contribution in [-0.4, -0.2) is 11.7 Å². The lowest BCUT2D eigenvalue weighted by Gasteiger charge is -2.03. The first-order valence-electron chi connectivity index (χ1n) is 5.35. The van der Waals surface area contributed by atoms with E-state index in [9.17, 15) is 0 Å². The maximum atomic E-state index is 9.12. The smallest absolute Gasteiger partial charge is 0.115 e. The number of furan rings is 1. The Kier molecular flexibility index (Phi) is 3.62. The number of phenols is 1. The lowest BCUT2D eigenvalue weighted by molar-refractivity contribution is 0.475. The molecule has 0 amide bonds. The third kappa shape index (κ3) is 3.14. The van der Waals surface area contributed by atoms with Gasteiger partial charge >= 0.3 is 0 Å². The van der Waals surface area contributed by atoms with E-state index < -0.39 is 0 Å². The van der Waals surface area contributed by atoms with Crippen molar-refractivity contribution in [3.63, 3.8) is 0 Å². The zero-order valence-electron chi connectivity index (χ0n) is 9.02. The molecule has 16 heavy (non-hydrogen) atoms. The van der Waals surface area contributed by atoms with Crippen molar-refractivity contribution in [1.29, 1.82) is 0 Å². The van der Waals surface area contributed by atoms with Crippen molar-refractivity contribution in [1.82, 2.24) is 5.32 Å². The highest BCUT2D eigenvalue weighted by Crippen LogP contribution is 2.09. The third-order valence-electron chi connectivity index (χ3n) is 2.39. The molecule has 1 aromatic heterocycles. The van der Waals surface area contributed by atoms with Gasteiger partial charge in [-0.2, -0.15) is 0 Å². The molecule has 0 radical (unpaired) electrons. The minimum absolute atomic E-state index is 0.305. The molecule has 3 heteroatoms. The summed E-state index contributed by atoms with van der Waals surface area (Å²) in [6.07, 6.45) is 2.58. The molecule has 0 aliphatic carbocycles. The molecule has 0 aliphatic rings. The summed E-state index contributed by atoms with van der Waals surface area (Å²) in [6.45, 7) is 1.69. The van der Waals surface area contributed by atoms with Crippen LogP contribution in [0.3, 0.4) is 0 Å². The maximum Gasteiger partial charge on any atom is 0.115 e. The molecular weight excluding hydrogens is 202 g/mol. The van der Waals surface area contributed by atoms with E-state index in [-0.39, 0.29) is 0 Å².